The first-order valence-electron chi connectivity index (χ1n) is 6.50. The van der Waals surface area contributed by atoms with Crippen molar-refractivity contribution in [3.8, 4) is 0 Å². The molecule has 0 heteroatoms. The molecule has 0 N–H and O–H groups in total. The molecule has 0 bridgehead atoms. The largest absolute Gasteiger partial charge is 0.0710 e. The van der Waals surface area contributed by atoms with Crippen molar-refractivity contribution in [3.05, 3.63) is 11.1 Å². The van der Waals surface area contributed by atoms with E-state index >= 15 is 0 Å². The first-order valence-corrected chi connectivity index (χ1v) is 6.50. The van der Waals surface area contributed by atoms with Crippen LogP contribution < -0.4 is 0 Å². The quantitative estimate of drug-likeness (QED) is 0.540. The lowest BCUT2D eigenvalue weighted by Crippen LogP contribution is -2.14. The lowest BCUT2D eigenvalue weighted by atomic mass is 9.80. The van der Waals surface area contributed by atoms with Crippen molar-refractivity contribution >= 4 is 0 Å². The third-order valence-corrected chi connectivity index (χ3v) is 4.49. The molecule has 3 atom stereocenters. The topological polar surface area (TPSA) is 0 Å². The number of rotatable bonds is 5. The van der Waals surface area contributed by atoms with E-state index in [1.165, 1.54) is 6.42 Å². The highest BCUT2D eigenvalue weighted by Gasteiger charge is 2.17. The standard InChI is InChI=1S/C15H30/c1-9-11(4)13(6)15(8)14(7)12(5)10(2)3/h10-13H,9H2,1-8H3. The Labute approximate surface area is 97.2 Å². The summed E-state index contributed by atoms with van der Waals surface area (Å²) >= 11 is 0. The van der Waals surface area contributed by atoms with E-state index in [0.717, 1.165) is 23.7 Å². The number of allylic oxidation sites excluding steroid dienone is 2. The molecule has 0 radical (unpaired) electrons. The fraction of sp³-hybridized carbons (Fsp3) is 0.867. The van der Waals surface area contributed by atoms with Crippen LogP contribution in [-0.2, 0) is 0 Å². The third-order valence-electron chi connectivity index (χ3n) is 4.49. The van der Waals surface area contributed by atoms with Gasteiger partial charge in [-0.05, 0) is 37.5 Å². The Hall–Kier alpha value is -0.260. The van der Waals surface area contributed by atoms with Gasteiger partial charge in [-0.3, -0.25) is 0 Å². The van der Waals surface area contributed by atoms with Gasteiger partial charge in [0.2, 0.25) is 0 Å². The molecule has 3 unspecified atom stereocenters. The smallest absolute Gasteiger partial charge is 0.0206 e. The minimum absolute atomic E-state index is 0.719. The van der Waals surface area contributed by atoms with Gasteiger partial charge in [0.25, 0.3) is 0 Å². The first kappa shape index (κ1) is 14.7. The van der Waals surface area contributed by atoms with Crippen molar-refractivity contribution in [2.75, 3.05) is 0 Å². The maximum Gasteiger partial charge on any atom is -0.0206 e. The predicted molar refractivity (Wildman–Crippen MR) is 71.0 cm³/mol. The van der Waals surface area contributed by atoms with Crippen LogP contribution in [0.15, 0.2) is 11.1 Å². The molecule has 0 aliphatic heterocycles. The molecule has 15 heavy (non-hydrogen) atoms. The maximum atomic E-state index is 2.38. The zero-order valence-corrected chi connectivity index (χ0v) is 12.0. The molecule has 0 nitrogen and oxygen atoms in total. The van der Waals surface area contributed by atoms with Crippen molar-refractivity contribution < 1.29 is 0 Å². The van der Waals surface area contributed by atoms with E-state index in [9.17, 15) is 0 Å². The van der Waals surface area contributed by atoms with Crippen LogP contribution in [0.2, 0.25) is 0 Å². The highest BCUT2D eigenvalue weighted by molar-refractivity contribution is 5.15. The molecule has 0 fully saturated rings. The highest BCUT2D eigenvalue weighted by Crippen LogP contribution is 2.30. The lowest BCUT2D eigenvalue weighted by molar-refractivity contribution is 0.410. The maximum absolute atomic E-state index is 2.38. The molecule has 0 aromatic rings. The molecular weight excluding hydrogens is 180 g/mol. The summed E-state index contributed by atoms with van der Waals surface area (Å²) in [4.78, 5) is 0. The Morgan fingerprint density at radius 1 is 0.800 bits per heavy atom. The van der Waals surface area contributed by atoms with Gasteiger partial charge in [-0.15, -0.1) is 0 Å². The van der Waals surface area contributed by atoms with E-state index in [-0.39, 0.29) is 0 Å². The van der Waals surface area contributed by atoms with Crippen LogP contribution in [0.25, 0.3) is 0 Å². The fourth-order valence-electron chi connectivity index (χ4n) is 2.00. The zero-order valence-electron chi connectivity index (χ0n) is 12.0. The minimum atomic E-state index is 0.719. The third kappa shape index (κ3) is 4.01. The minimum Gasteiger partial charge on any atom is -0.0710 e. The molecule has 0 spiro atoms. The van der Waals surface area contributed by atoms with Crippen molar-refractivity contribution in [3.63, 3.8) is 0 Å². The Balaban J connectivity index is 4.77. The van der Waals surface area contributed by atoms with E-state index in [1.807, 2.05) is 0 Å². The van der Waals surface area contributed by atoms with Crippen molar-refractivity contribution in [1.82, 2.24) is 0 Å². The second-order valence-electron chi connectivity index (χ2n) is 5.57. The van der Waals surface area contributed by atoms with Crippen LogP contribution >= 0.6 is 0 Å². The molecule has 0 aromatic carbocycles. The molecule has 0 aromatic heterocycles. The summed E-state index contributed by atoms with van der Waals surface area (Å²) in [7, 11) is 0. The average Bonchev–Trinajstić information content (AvgIpc) is 2.23. The van der Waals surface area contributed by atoms with Crippen LogP contribution in [0, 0.1) is 23.7 Å². The van der Waals surface area contributed by atoms with Crippen LogP contribution in [0.3, 0.4) is 0 Å². The molecule has 0 rings (SSSR count). The number of hydrogen-bond acceptors (Lipinski definition) is 0. The average molecular weight is 210 g/mol. The van der Waals surface area contributed by atoms with Crippen molar-refractivity contribution in [2.24, 2.45) is 23.7 Å². The van der Waals surface area contributed by atoms with Crippen LogP contribution in [0.1, 0.15) is 61.8 Å². The van der Waals surface area contributed by atoms with Crippen molar-refractivity contribution in [2.45, 2.75) is 61.8 Å². The summed E-state index contributed by atoms with van der Waals surface area (Å²) < 4.78 is 0. The molecule has 0 amide bonds. The van der Waals surface area contributed by atoms with E-state index in [1.54, 1.807) is 11.1 Å². The Bertz CT molecular complexity index is 210. The molecule has 0 saturated heterocycles. The fourth-order valence-corrected chi connectivity index (χ4v) is 2.00. The highest BCUT2D eigenvalue weighted by atomic mass is 14.2. The summed E-state index contributed by atoms with van der Waals surface area (Å²) in [5, 5.41) is 0. The van der Waals surface area contributed by atoms with Gasteiger partial charge in [-0.1, -0.05) is 59.1 Å². The van der Waals surface area contributed by atoms with Gasteiger partial charge in [0.05, 0.1) is 0 Å². The summed E-state index contributed by atoms with van der Waals surface area (Å²) in [6.07, 6.45) is 1.28. The normalized spacial score (nSPS) is 19.8. The van der Waals surface area contributed by atoms with E-state index < -0.39 is 0 Å². The van der Waals surface area contributed by atoms with Gasteiger partial charge in [0.1, 0.15) is 0 Å². The zero-order chi connectivity index (χ0) is 12.2. The molecule has 0 saturated carbocycles. The van der Waals surface area contributed by atoms with Crippen LogP contribution in [-0.4, -0.2) is 0 Å². The van der Waals surface area contributed by atoms with Crippen LogP contribution in [0.4, 0.5) is 0 Å². The number of hydrogen-bond donors (Lipinski definition) is 0. The van der Waals surface area contributed by atoms with Gasteiger partial charge in [0, 0.05) is 0 Å². The first-order chi connectivity index (χ1) is 6.82. The van der Waals surface area contributed by atoms with Gasteiger partial charge < -0.3 is 0 Å². The van der Waals surface area contributed by atoms with E-state index in [2.05, 4.69) is 55.4 Å². The van der Waals surface area contributed by atoms with Gasteiger partial charge in [0.15, 0.2) is 0 Å². The Morgan fingerprint density at radius 3 is 1.53 bits per heavy atom. The predicted octanol–water partition coefficient (Wildman–Crippen LogP) is 5.30. The Morgan fingerprint density at radius 2 is 1.20 bits per heavy atom. The lowest BCUT2D eigenvalue weighted by Gasteiger charge is -2.25. The second-order valence-corrected chi connectivity index (χ2v) is 5.57. The molecule has 0 aliphatic rings. The summed E-state index contributed by atoms with van der Waals surface area (Å²) in [5.41, 5.74) is 3.23. The SMILES string of the molecule is CCC(C)C(C)C(C)=C(C)C(C)C(C)C. The molecule has 0 heterocycles. The second kappa shape index (κ2) is 6.35. The summed E-state index contributed by atoms with van der Waals surface area (Å²) in [5.74, 6) is 3.01. The van der Waals surface area contributed by atoms with Gasteiger partial charge in [-0.2, -0.15) is 0 Å². The van der Waals surface area contributed by atoms with E-state index in [0.29, 0.717) is 0 Å². The molecule has 90 valence electrons. The summed E-state index contributed by atoms with van der Waals surface area (Å²) in [6, 6.07) is 0. The molecule has 0 aliphatic carbocycles. The van der Waals surface area contributed by atoms with E-state index in [4.69, 9.17) is 0 Å². The van der Waals surface area contributed by atoms with Crippen molar-refractivity contribution in [1.29, 1.82) is 0 Å². The van der Waals surface area contributed by atoms with Gasteiger partial charge in [-0.25, -0.2) is 0 Å². The van der Waals surface area contributed by atoms with Gasteiger partial charge >= 0.3 is 0 Å². The van der Waals surface area contributed by atoms with Crippen LogP contribution in [0.5, 0.6) is 0 Å². The monoisotopic (exact) mass is 210 g/mol. The molecular formula is C15H30. The Kier molecular flexibility index (Phi) is 6.24. The summed E-state index contributed by atoms with van der Waals surface area (Å²) in [6.45, 7) is 18.7.